The zero-order valence-electron chi connectivity index (χ0n) is 20.6. The molecule has 1 aromatic carbocycles. The van der Waals surface area contributed by atoms with Gasteiger partial charge in [0.15, 0.2) is 0 Å². The van der Waals surface area contributed by atoms with Crippen molar-refractivity contribution in [1.29, 1.82) is 0 Å². The van der Waals surface area contributed by atoms with E-state index >= 15 is 0 Å². The van der Waals surface area contributed by atoms with Gasteiger partial charge in [0, 0.05) is 13.1 Å². The van der Waals surface area contributed by atoms with E-state index in [2.05, 4.69) is 5.32 Å². The van der Waals surface area contributed by atoms with Crippen molar-refractivity contribution >= 4 is 22.1 Å². The third-order valence-electron chi connectivity index (χ3n) is 5.61. The molecule has 1 aliphatic rings. The molecule has 2 rings (SSSR count). The van der Waals surface area contributed by atoms with Gasteiger partial charge in [-0.2, -0.15) is 8.42 Å². The van der Waals surface area contributed by atoms with Crippen molar-refractivity contribution < 1.29 is 26.9 Å². The van der Waals surface area contributed by atoms with Gasteiger partial charge in [0.05, 0.1) is 11.5 Å². The van der Waals surface area contributed by atoms with Crippen molar-refractivity contribution in [1.82, 2.24) is 10.2 Å². The molecule has 1 aromatic rings. The first-order chi connectivity index (χ1) is 15.3. The summed E-state index contributed by atoms with van der Waals surface area (Å²) in [5.41, 5.74) is 0.346. The van der Waals surface area contributed by atoms with Crippen LogP contribution < -0.4 is 5.32 Å². The second-order valence-electron chi connectivity index (χ2n) is 10.0. The molecule has 8 nitrogen and oxygen atoms in total. The zero-order valence-corrected chi connectivity index (χ0v) is 21.4. The molecular weight excluding hydrogens is 444 g/mol. The Bertz CT molecular complexity index is 898. The molecule has 1 N–H and O–H groups in total. The molecule has 0 bridgehead atoms. The van der Waals surface area contributed by atoms with Crippen LogP contribution in [0.4, 0.5) is 4.79 Å². The first-order valence-corrected chi connectivity index (χ1v) is 12.9. The summed E-state index contributed by atoms with van der Waals surface area (Å²) in [6.45, 7) is 12.2. The minimum absolute atomic E-state index is 0.0804. The van der Waals surface area contributed by atoms with Crippen molar-refractivity contribution in [3.63, 3.8) is 0 Å². The van der Waals surface area contributed by atoms with E-state index in [9.17, 15) is 18.0 Å². The number of piperidine rings is 1. The van der Waals surface area contributed by atoms with E-state index in [4.69, 9.17) is 8.92 Å². The Morgan fingerprint density at radius 2 is 1.70 bits per heavy atom. The number of hydrogen-bond donors (Lipinski definition) is 1. The lowest BCUT2D eigenvalue weighted by Crippen LogP contribution is -2.53. The maximum absolute atomic E-state index is 13.0. The number of likely N-dealkylation sites (tertiary alicyclic amines) is 1. The molecule has 1 aliphatic heterocycles. The average Bonchev–Trinajstić information content (AvgIpc) is 2.71. The number of hydrogen-bond acceptors (Lipinski definition) is 6. The quantitative estimate of drug-likeness (QED) is 0.564. The molecule has 0 radical (unpaired) electrons. The molecule has 1 fully saturated rings. The number of nitrogens with zero attached hydrogens (tertiary/aromatic N) is 1. The summed E-state index contributed by atoms with van der Waals surface area (Å²) in [4.78, 5) is 27.1. The summed E-state index contributed by atoms with van der Waals surface area (Å²) in [6, 6.07) is 5.92. The number of ether oxygens (including phenoxy) is 1. The Balaban J connectivity index is 1.82. The highest BCUT2D eigenvalue weighted by Crippen LogP contribution is 2.23. The molecule has 1 atom stereocenters. The van der Waals surface area contributed by atoms with Crippen LogP contribution in [0.2, 0.25) is 0 Å². The normalized spacial score (nSPS) is 16.5. The zero-order chi connectivity index (χ0) is 24.8. The van der Waals surface area contributed by atoms with Crippen LogP contribution in [0.3, 0.4) is 0 Å². The van der Waals surface area contributed by atoms with Gasteiger partial charge in [0.2, 0.25) is 5.91 Å². The number of benzene rings is 1. The Hall–Kier alpha value is -2.13. The van der Waals surface area contributed by atoms with E-state index in [1.807, 2.05) is 20.8 Å². The Kier molecular flexibility index (Phi) is 9.31. The van der Waals surface area contributed by atoms with Crippen molar-refractivity contribution in [2.75, 3.05) is 19.7 Å². The highest BCUT2D eigenvalue weighted by Gasteiger charge is 2.32. The molecular formula is C24H38N2O6S. The molecule has 33 heavy (non-hydrogen) atoms. The lowest BCUT2D eigenvalue weighted by molar-refractivity contribution is -0.136. The molecule has 2 amide bonds. The summed E-state index contributed by atoms with van der Waals surface area (Å²) in [7, 11) is -3.76. The smallest absolute Gasteiger partial charge is 0.408 e. The summed E-state index contributed by atoms with van der Waals surface area (Å²) >= 11 is 0. The van der Waals surface area contributed by atoms with E-state index in [0.717, 1.165) is 18.4 Å². The Morgan fingerprint density at radius 1 is 1.12 bits per heavy atom. The number of nitrogens with one attached hydrogen (secondary N) is 1. The SMILES string of the molecule is Cc1ccc(S(=O)(=O)OCCC2CCN(C(=O)C(NC(=O)OC(C)(C)C)C(C)C)CC2)cc1. The molecule has 0 aliphatic carbocycles. The van der Waals surface area contributed by atoms with Gasteiger partial charge in [-0.25, -0.2) is 4.79 Å². The van der Waals surface area contributed by atoms with Crippen LogP contribution in [0.5, 0.6) is 0 Å². The molecule has 0 aromatic heterocycles. The number of carbonyl (C=O) groups excluding carboxylic acids is 2. The first-order valence-electron chi connectivity index (χ1n) is 11.5. The number of amides is 2. The lowest BCUT2D eigenvalue weighted by Gasteiger charge is -2.35. The highest BCUT2D eigenvalue weighted by atomic mass is 32.2. The largest absolute Gasteiger partial charge is 0.444 e. The number of rotatable bonds is 8. The first kappa shape index (κ1) is 27.1. The van der Waals surface area contributed by atoms with Crippen molar-refractivity contribution in [3.8, 4) is 0 Å². The molecule has 1 heterocycles. The monoisotopic (exact) mass is 482 g/mol. The third kappa shape index (κ3) is 8.62. The van der Waals surface area contributed by atoms with Crippen LogP contribution in [0.1, 0.15) is 59.4 Å². The molecule has 9 heteroatoms. The van der Waals surface area contributed by atoms with Crippen LogP contribution in [-0.4, -0.2) is 56.7 Å². The van der Waals surface area contributed by atoms with Gasteiger partial charge in [-0.3, -0.25) is 8.98 Å². The van der Waals surface area contributed by atoms with E-state index in [0.29, 0.717) is 19.5 Å². The van der Waals surface area contributed by atoms with Crippen LogP contribution in [0, 0.1) is 18.8 Å². The lowest BCUT2D eigenvalue weighted by atomic mass is 9.93. The number of aryl methyl sites for hydroxylation is 1. The van der Waals surface area contributed by atoms with Crippen LogP contribution >= 0.6 is 0 Å². The number of carbonyl (C=O) groups is 2. The van der Waals surface area contributed by atoms with Crippen LogP contribution in [0.15, 0.2) is 29.2 Å². The standard InChI is InChI=1S/C24H38N2O6S/c1-17(2)21(25-23(28)32-24(4,5)6)22(27)26-14-11-19(12-15-26)13-16-31-33(29,30)20-9-7-18(3)8-10-20/h7-10,17,19,21H,11-16H2,1-6H3,(H,25,28). The van der Waals surface area contributed by atoms with Gasteiger partial charge in [0.25, 0.3) is 10.1 Å². The number of alkyl carbamates (subject to hydrolysis) is 1. The Morgan fingerprint density at radius 3 is 2.21 bits per heavy atom. The molecule has 186 valence electrons. The van der Waals surface area contributed by atoms with Crippen LogP contribution in [0.25, 0.3) is 0 Å². The predicted octanol–water partition coefficient (Wildman–Crippen LogP) is 3.88. The van der Waals surface area contributed by atoms with Gasteiger partial charge >= 0.3 is 6.09 Å². The molecule has 1 saturated heterocycles. The summed E-state index contributed by atoms with van der Waals surface area (Å²) in [5.74, 6) is 0.0780. The molecule has 0 saturated carbocycles. The van der Waals surface area contributed by atoms with Gasteiger partial charge in [-0.1, -0.05) is 31.5 Å². The third-order valence-corrected chi connectivity index (χ3v) is 6.93. The fourth-order valence-electron chi connectivity index (χ4n) is 3.68. The Labute approximate surface area is 198 Å². The summed E-state index contributed by atoms with van der Waals surface area (Å²) in [5, 5.41) is 2.71. The minimum atomic E-state index is -3.76. The van der Waals surface area contributed by atoms with Gasteiger partial charge in [-0.05, 0) is 70.9 Å². The fraction of sp³-hybridized carbons (Fsp3) is 0.667. The second-order valence-corrected chi connectivity index (χ2v) is 11.6. The highest BCUT2D eigenvalue weighted by molar-refractivity contribution is 7.86. The van der Waals surface area contributed by atoms with Crippen molar-refractivity contribution in [3.05, 3.63) is 29.8 Å². The van der Waals surface area contributed by atoms with Crippen molar-refractivity contribution in [2.24, 2.45) is 11.8 Å². The maximum Gasteiger partial charge on any atom is 0.408 e. The van der Waals surface area contributed by atoms with Crippen molar-refractivity contribution in [2.45, 2.75) is 77.3 Å². The summed E-state index contributed by atoms with van der Waals surface area (Å²) in [6.07, 6.45) is 1.53. The topological polar surface area (TPSA) is 102 Å². The van der Waals surface area contributed by atoms with Gasteiger partial charge in [-0.15, -0.1) is 0 Å². The fourth-order valence-corrected chi connectivity index (χ4v) is 4.61. The molecule has 1 unspecified atom stereocenters. The van der Waals surface area contributed by atoms with E-state index in [1.54, 1.807) is 49.9 Å². The van der Waals surface area contributed by atoms with E-state index in [-0.39, 0.29) is 29.2 Å². The van der Waals surface area contributed by atoms with Gasteiger partial charge in [0.1, 0.15) is 11.6 Å². The van der Waals surface area contributed by atoms with E-state index < -0.39 is 27.9 Å². The predicted molar refractivity (Wildman–Crippen MR) is 126 cm³/mol. The average molecular weight is 483 g/mol. The van der Waals surface area contributed by atoms with Gasteiger partial charge < -0.3 is 15.0 Å². The summed E-state index contributed by atoms with van der Waals surface area (Å²) < 4.78 is 35.2. The van der Waals surface area contributed by atoms with E-state index in [1.165, 1.54) is 0 Å². The maximum atomic E-state index is 13.0. The molecule has 0 spiro atoms. The minimum Gasteiger partial charge on any atom is -0.444 e. The van der Waals surface area contributed by atoms with Crippen LogP contribution in [-0.2, 0) is 23.8 Å². The second kappa shape index (κ2) is 11.3.